The Bertz CT molecular complexity index is 1170. The van der Waals surface area contributed by atoms with Crippen molar-refractivity contribution in [2.75, 3.05) is 13.1 Å². The van der Waals surface area contributed by atoms with Crippen molar-refractivity contribution in [2.24, 2.45) is 0 Å². The monoisotopic (exact) mass is 512 g/mol. The zero-order chi connectivity index (χ0) is 24.5. The third kappa shape index (κ3) is 5.69. The van der Waals surface area contributed by atoms with Crippen LogP contribution in [-0.4, -0.2) is 59.8 Å². The highest BCUT2D eigenvalue weighted by Crippen LogP contribution is 2.28. The molecule has 0 aromatic heterocycles. The van der Waals surface area contributed by atoms with E-state index in [1.165, 1.54) is 16.4 Å². The number of aryl methyl sites for hydroxylation is 1. The smallest absolute Gasteiger partial charge is 0.307 e. The Morgan fingerprint density at radius 2 is 1.64 bits per heavy atom. The lowest BCUT2D eigenvalue weighted by Crippen LogP contribution is -2.59. The third-order valence-corrected chi connectivity index (χ3v) is 8.63. The summed E-state index contributed by atoms with van der Waals surface area (Å²) >= 11 is 12.0. The number of amides is 1. The van der Waals surface area contributed by atoms with Crippen molar-refractivity contribution in [3.63, 3.8) is 0 Å². The first kappa shape index (κ1) is 25.5. The Balaban J connectivity index is 1.78. The molecule has 0 aliphatic carbocycles. The van der Waals surface area contributed by atoms with Crippen LogP contribution in [0.15, 0.2) is 41.3 Å². The minimum atomic E-state index is -3.88. The number of halogens is 2. The summed E-state index contributed by atoms with van der Waals surface area (Å²) in [5, 5.41) is 9.91. The summed E-state index contributed by atoms with van der Waals surface area (Å²) in [6.07, 6.45) is -0.114. The quantitative estimate of drug-likeness (QED) is 0.635. The number of sulfonamides is 1. The van der Waals surface area contributed by atoms with Gasteiger partial charge in [0, 0.05) is 25.2 Å². The van der Waals surface area contributed by atoms with Crippen LogP contribution in [0.2, 0.25) is 10.0 Å². The van der Waals surface area contributed by atoms with Crippen molar-refractivity contribution < 1.29 is 23.1 Å². The molecule has 0 radical (unpaired) electrons. The number of benzene rings is 2. The predicted molar refractivity (Wildman–Crippen MR) is 127 cm³/mol. The fourth-order valence-corrected chi connectivity index (χ4v) is 6.38. The van der Waals surface area contributed by atoms with Crippen LogP contribution in [0.4, 0.5) is 0 Å². The highest BCUT2D eigenvalue weighted by molar-refractivity contribution is 7.89. The summed E-state index contributed by atoms with van der Waals surface area (Å²) in [5.74, 6) is -1.15. The van der Waals surface area contributed by atoms with Crippen molar-refractivity contribution in [2.45, 2.75) is 50.6 Å². The van der Waals surface area contributed by atoms with E-state index in [1.807, 2.05) is 0 Å². The number of hydrogen-bond acceptors (Lipinski definition) is 4. The summed E-state index contributed by atoms with van der Waals surface area (Å²) in [6.45, 7) is 5.77. The van der Waals surface area contributed by atoms with Crippen LogP contribution in [0.25, 0.3) is 0 Å². The first-order chi connectivity index (χ1) is 15.4. The van der Waals surface area contributed by atoms with E-state index in [0.29, 0.717) is 15.6 Å². The van der Waals surface area contributed by atoms with E-state index in [9.17, 15) is 18.0 Å². The van der Waals surface area contributed by atoms with Crippen LogP contribution in [0.1, 0.15) is 30.5 Å². The van der Waals surface area contributed by atoms with Gasteiger partial charge in [0.15, 0.2) is 0 Å². The Hall–Kier alpha value is -2.13. The number of carboxylic acids is 1. The zero-order valence-electron chi connectivity index (χ0n) is 18.6. The number of aliphatic carboxylic acids is 1. The molecule has 1 aliphatic rings. The zero-order valence-corrected chi connectivity index (χ0v) is 20.9. The van der Waals surface area contributed by atoms with Gasteiger partial charge >= 0.3 is 5.97 Å². The SMILES string of the molecule is Cc1ccc(S(=O)(=O)N2C(C)CN(C(=O)Cc3ccc(Cl)c(Cl)c3)CC2C)cc1CC(=O)O. The minimum Gasteiger partial charge on any atom is -0.481 e. The van der Waals surface area contributed by atoms with Crippen LogP contribution in [0.3, 0.4) is 0 Å². The van der Waals surface area contributed by atoms with Gasteiger partial charge in [-0.25, -0.2) is 8.42 Å². The van der Waals surface area contributed by atoms with Gasteiger partial charge in [-0.15, -0.1) is 0 Å². The molecular formula is C23H26Cl2N2O5S. The number of nitrogens with zero attached hydrogens (tertiary/aromatic N) is 2. The Kier molecular flexibility index (Phi) is 7.73. The number of rotatable bonds is 6. The van der Waals surface area contributed by atoms with Gasteiger partial charge < -0.3 is 10.0 Å². The molecular weight excluding hydrogens is 487 g/mol. The Labute approximate surface area is 204 Å². The van der Waals surface area contributed by atoms with E-state index < -0.39 is 28.1 Å². The molecule has 0 saturated carbocycles. The second kappa shape index (κ2) is 10.0. The first-order valence-corrected chi connectivity index (χ1v) is 12.7. The van der Waals surface area contributed by atoms with Gasteiger partial charge in [0.2, 0.25) is 15.9 Å². The summed E-state index contributed by atoms with van der Waals surface area (Å²) in [5.41, 5.74) is 1.91. The van der Waals surface area contributed by atoms with E-state index >= 15 is 0 Å². The maximum atomic E-state index is 13.4. The standard InChI is InChI=1S/C23H26Cl2N2O5S/c1-14-4-6-19(10-18(14)11-23(29)30)33(31,32)27-15(2)12-26(13-16(27)3)22(28)9-17-5-7-20(24)21(25)8-17/h4-8,10,15-16H,9,11-13H2,1-3H3,(H,29,30). The molecule has 2 aromatic carbocycles. The van der Waals surface area contributed by atoms with Crippen LogP contribution in [0, 0.1) is 6.92 Å². The predicted octanol–water partition coefficient (Wildman–Crippen LogP) is 3.78. The lowest BCUT2D eigenvalue weighted by atomic mass is 10.1. The molecule has 178 valence electrons. The molecule has 3 rings (SSSR count). The average Bonchev–Trinajstić information content (AvgIpc) is 2.71. The highest BCUT2D eigenvalue weighted by Gasteiger charge is 2.39. The van der Waals surface area contributed by atoms with Gasteiger partial charge in [0.05, 0.1) is 27.8 Å². The molecule has 1 fully saturated rings. The molecule has 1 aliphatic heterocycles. The van der Waals surface area contributed by atoms with Crippen LogP contribution in [-0.2, 0) is 32.5 Å². The summed E-state index contributed by atoms with van der Waals surface area (Å²) in [7, 11) is -3.88. The minimum absolute atomic E-state index is 0.0543. The molecule has 33 heavy (non-hydrogen) atoms. The summed E-state index contributed by atoms with van der Waals surface area (Å²) < 4.78 is 28.3. The maximum Gasteiger partial charge on any atom is 0.307 e. The normalized spacial score (nSPS) is 19.5. The number of hydrogen-bond donors (Lipinski definition) is 1. The summed E-state index contributed by atoms with van der Waals surface area (Å²) in [4.78, 5) is 25.8. The van der Waals surface area contributed by atoms with Crippen LogP contribution in [0.5, 0.6) is 0 Å². The molecule has 2 unspecified atom stereocenters. The van der Waals surface area contributed by atoms with E-state index in [-0.39, 0.29) is 36.7 Å². The van der Waals surface area contributed by atoms with Crippen molar-refractivity contribution >= 4 is 45.1 Å². The van der Waals surface area contributed by atoms with E-state index in [0.717, 1.165) is 11.1 Å². The summed E-state index contributed by atoms with van der Waals surface area (Å²) in [6, 6.07) is 8.67. The largest absolute Gasteiger partial charge is 0.481 e. The van der Waals surface area contributed by atoms with E-state index in [2.05, 4.69) is 0 Å². The number of carbonyl (C=O) groups excluding carboxylic acids is 1. The highest BCUT2D eigenvalue weighted by atomic mass is 35.5. The van der Waals surface area contributed by atoms with Gasteiger partial charge in [0.1, 0.15) is 0 Å². The average molecular weight is 513 g/mol. The molecule has 1 saturated heterocycles. The van der Waals surface area contributed by atoms with Gasteiger partial charge in [-0.2, -0.15) is 4.31 Å². The second-order valence-corrected chi connectivity index (χ2v) is 11.1. The van der Waals surface area contributed by atoms with Crippen LogP contribution >= 0.6 is 23.2 Å². The lowest BCUT2D eigenvalue weighted by Gasteiger charge is -2.43. The number of carboxylic acid groups (broad SMARTS) is 1. The molecule has 7 nitrogen and oxygen atoms in total. The molecule has 1 heterocycles. The molecule has 0 bridgehead atoms. The topological polar surface area (TPSA) is 95.0 Å². The number of carbonyl (C=O) groups is 2. The fraction of sp³-hybridized carbons (Fsp3) is 0.391. The Morgan fingerprint density at radius 3 is 2.21 bits per heavy atom. The molecule has 1 N–H and O–H groups in total. The van der Waals surface area contributed by atoms with Crippen molar-refractivity contribution in [1.82, 2.24) is 9.21 Å². The second-order valence-electron chi connectivity index (χ2n) is 8.42. The third-order valence-electron chi connectivity index (χ3n) is 5.77. The van der Waals surface area contributed by atoms with Crippen LogP contribution < -0.4 is 0 Å². The van der Waals surface area contributed by atoms with Crippen molar-refractivity contribution in [3.05, 3.63) is 63.1 Å². The Morgan fingerprint density at radius 1 is 1.00 bits per heavy atom. The van der Waals surface area contributed by atoms with Gasteiger partial charge in [-0.1, -0.05) is 35.3 Å². The molecule has 2 atom stereocenters. The molecule has 2 aromatic rings. The first-order valence-electron chi connectivity index (χ1n) is 10.5. The van der Waals surface area contributed by atoms with E-state index in [4.69, 9.17) is 28.3 Å². The van der Waals surface area contributed by atoms with E-state index in [1.54, 1.807) is 49.9 Å². The van der Waals surface area contributed by atoms with Crippen molar-refractivity contribution in [1.29, 1.82) is 0 Å². The maximum absolute atomic E-state index is 13.4. The fourth-order valence-electron chi connectivity index (χ4n) is 4.20. The van der Waals surface area contributed by atoms with Gasteiger partial charge in [-0.05, 0) is 61.7 Å². The lowest BCUT2D eigenvalue weighted by molar-refractivity contribution is -0.136. The van der Waals surface area contributed by atoms with Gasteiger partial charge in [0.25, 0.3) is 0 Å². The molecule has 0 spiro atoms. The molecule has 1 amide bonds. The number of piperazine rings is 1. The molecule has 10 heteroatoms. The van der Waals surface area contributed by atoms with Crippen molar-refractivity contribution in [3.8, 4) is 0 Å². The van der Waals surface area contributed by atoms with Gasteiger partial charge in [-0.3, -0.25) is 9.59 Å².